The number of fused-ring (bicyclic) bond motifs is 2. The average Bonchev–Trinajstić information content (AvgIpc) is 2.68. The van der Waals surface area contributed by atoms with Crippen LogP contribution in [0.2, 0.25) is 0 Å². The van der Waals surface area contributed by atoms with Crippen molar-refractivity contribution in [2.75, 3.05) is 6.54 Å². The first-order valence-electron chi connectivity index (χ1n) is 9.20. The Balaban J connectivity index is 1.65. The largest absolute Gasteiger partial charge is 0.328 e. The number of benzene rings is 2. The van der Waals surface area contributed by atoms with Crippen molar-refractivity contribution in [2.45, 2.75) is 38.9 Å². The number of aromatic amines is 1. The van der Waals surface area contributed by atoms with E-state index in [4.69, 9.17) is 0 Å². The van der Waals surface area contributed by atoms with Crippen molar-refractivity contribution < 1.29 is 0 Å². The highest BCUT2D eigenvalue weighted by molar-refractivity contribution is 5.76. The molecule has 2 heterocycles. The van der Waals surface area contributed by atoms with Crippen LogP contribution in [-0.4, -0.2) is 27.0 Å². The normalized spacial score (nSPS) is 15.7. The van der Waals surface area contributed by atoms with Gasteiger partial charge in [-0.3, -0.25) is 14.3 Å². The minimum atomic E-state index is -0.329. The van der Waals surface area contributed by atoms with Gasteiger partial charge in [0.25, 0.3) is 5.56 Å². The van der Waals surface area contributed by atoms with E-state index in [9.17, 15) is 9.59 Å². The molecule has 1 aliphatic heterocycles. The van der Waals surface area contributed by atoms with Gasteiger partial charge >= 0.3 is 5.69 Å². The third kappa shape index (κ3) is 2.99. The fraction of sp³-hybridized carbons (Fsp3) is 0.333. The Hall–Kier alpha value is -2.66. The lowest BCUT2D eigenvalue weighted by Gasteiger charge is -2.35. The number of rotatable bonds is 4. The highest BCUT2D eigenvalue weighted by atomic mass is 16.2. The second-order valence-electron chi connectivity index (χ2n) is 6.94. The van der Waals surface area contributed by atoms with E-state index in [2.05, 4.69) is 41.1 Å². The Morgan fingerprint density at radius 3 is 2.58 bits per heavy atom. The summed E-state index contributed by atoms with van der Waals surface area (Å²) in [4.78, 5) is 30.5. The summed E-state index contributed by atoms with van der Waals surface area (Å²) in [6, 6.07) is 15.8. The zero-order valence-corrected chi connectivity index (χ0v) is 14.9. The molecule has 134 valence electrons. The molecule has 2 aromatic carbocycles. The molecule has 0 fully saturated rings. The minimum absolute atomic E-state index is 0.156. The third-order valence-electron chi connectivity index (χ3n) is 5.43. The van der Waals surface area contributed by atoms with Crippen molar-refractivity contribution in [1.29, 1.82) is 0 Å². The number of nitrogens with zero attached hydrogens (tertiary/aromatic N) is 2. The molecular formula is C21H23N3O2. The van der Waals surface area contributed by atoms with Gasteiger partial charge in [0, 0.05) is 25.7 Å². The first-order valence-corrected chi connectivity index (χ1v) is 9.20. The molecule has 1 aliphatic rings. The van der Waals surface area contributed by atoms with Crippen LogP contribution in [-0.2, 0) is 19.5 Å². The molecule has 0 amide bonds. The van der Waals surface area contributed by atoms with Gasteiger partial charge in [-0.15, -0.1) is 0 Å². The predicted octanol–water partition coefficient (Wildman–Crippen LogP) is 2.53. The molecule has 5 nitrogen and oxygen atoms in total. The quantitative estimate of drug-likeness (QED) is 0.787. The van der Waals surface area contributed by atoms with Crippen LogP contribution in [0.15, 0.2) is 58.1 Å². The van der Waals surface area contributed by atoms with Crippen molar-refractivity contribution in [3.8, 4) is 0 Å². The van der Waals surface area contributed by atoms with Gasteiger partial charge in [0.05, 0.1) is 10.9 Å². The fourth-order valence-corrected chi connectivity index (χ4v) is 3.91. The Bertz CT molecular complexity index is 1050. The van der Waals surface area contributed by atoms with E-state index in [1.807, 2.05) is 12.1 Å². The summed E-state index contributed by atoms with van der Waals surface area (Å²) in [5.41, 5.74) is 2.81. The third-order valence-corrected chi connectivity index (χ3v) is 5.43. The highest BCUT2D eigenvalue weighted by Crippen LogP contribution is 2.21. The van der Waals surface area contributed by atoms with E-state index in [1.54, 1.807) is 12.1 Å². The Labute approximate surface area is 151 Å². The first-order chi connectivity index (χ1) is 12.7. The molecule has 3 aromatic rings. The Kier molecular flexibility index (Phi) is 4.47. The maximum absolute atomic E-state index is 12.8. The van der Waals surface area contributed by atoms with Crippen molar-refractivity contribution in [2.24, 2.45) is 0 Å². The van der Waals surface area contributed by atoms with Gasteiger partial charge in [-0.25, -0.2) is 4.79 Å². The Morgan fingerprint density at radius 2 is 1.77 bits per heavy atom. The molecular weight excluding hydrogens is 326 g/mol. The maximum atomic E-state index is 12.8. The smallest absolute Gasteiger partial charge is 0.307 e. The summed E-state index contributed by atoms with van der Waals surface area (Å²) in [5.74, 6) is 0. The molecule has 0 radical (unpaired) electrons. The summed E-state index contributed by atoms with van der Waals surface area (Å²) in [6.45, 7) is 4.35. The zero-order chi connectivity index (χ0) is 18.1. The molecule has 0 saturated carbocycles. The van der Waals surface area contributed by atoms with E-state index in [1.165, 1.54) is 15.7 Å². The molecule has 4 rings (SSSR count). The van der Waals surface area contributed by atoms with E-state index >= 15 is 0 Å². The molecule has 5 heteroatoms. The molecule has 0 bridgehead atoms. The van der Waals surface area contributed by atoms with Crippen LogP contribution in [0.25, 0.3) is 10.9 Å². The first kappa shape index (κ1) is 16.8. The van der Waals surface area contributed by atoms with Crippen LogP contribution in [0, 0.1) is 0 Å². The van der Waals surface area contributed by atoms with Gasteiger partial charge in [0.2, 0.25) is 0 Å². The monoisotopic (exact) mass is 349 g/mol. The lowest BCUT2D eigenvalue weighted by molar-refractivity contribution is 0.154. The van der Waals surface area contributed by atoms with E-state index in [0.717, 1.165) is 25.9 Å². The summed E-state index contributed by atoms with van der Waals surface area (Å²) in [7, 11) is 0. The number of hydrogen-bond acceptors (Lipinski definition) is 3. The van der Waals surface area contributed by atoms with Gasteiger partial charge in [0.15, 0.2) is 0 Å². The van der Waals surface area contributed by atoms with Crippen LogP contribution in [0.3, 0.4) is 0 Å². The lowest BCUT2D eigenvalue weighted by Crippen LogP contribution is -2.46. The SMILES string of the molecule is CC[C@H](Cn1c(=O)[nH]c2ccccc2c1=O)N1CCc2ccccc2C1. The summed E-state index contributed by atoms with van der Waals surface area (Å²) < 4.78 is 1.36. The Morgan fingerprint density at radius 1 is 1.04 bits per heavy atom. The summed E-state index contributed by atoms with van der Waals surface area (Å²) in [5, 5.41) is 0.561. The number of para-hydroxylation sites is 1. The standard InChI is InChI=1S/C21H23N3O2/c1-2-17(23-12-11-15-7-3-4-8-16(15)13-23)14-24-20(25)18-9-5-6-10-19(18)22-21(24)26/h3-10,17H,2,11-14H2,1H3,(H,22,26)/t17-/m1/s1. The van der Waals surface area contributed by atoms with Gasteiger partial charge in [-0.2, -0.15) is 0 Å². The molecule has 0 saturated heterocycles. The second-order valence-corrected chi connectivity index (χ2v) is 6.94. The molecule has 0 aliphatic carbocycles. The van der Waals surface area contributed by atoms with Crippen LogP contribution in [0.5, 0.6) is 0 Å². The minimum Gasteiger partial charge on any atom is -0.307 e. The fourth-order valence-electron chi connectivity index (χ4n) is 3.91. The van der Waals surface area contributed by atoms with Crippen LogP contribution in [0.1, 0.15) is 24.5 Å². The molecule has 0 spiro atoms. The van der Waals surface area contributed by atoms with Crippen LogP contribution in [0.4, 0.5) is 0 Å². The van der Waals surface area contributed by atoms with Crippen molar-refractivity contribution in [3.05, 3.63) is 80.5 Å². The lowest BCUT2D eigenvalue weighted by atomic mass is 9.98. The summed E-state index contributed by atoms with van der Waals surface area (Å²) >= 11 is 0. The molecule has 1 N–H and O–H groups in total. The van der Waals surface area contributed by atoms with Gasteiger partial charge in [0.1, 0.15) is 0 Å². The van der Waals surface area contributed by atoms with E-state index in [-0.39, 0.29) is 17.3 Å². The number of nitrogens with one attached hydrogen (secondary N) is 1. The zero-order valence-electron chi connectivity index (χ0n) is 14.9. The summed E-state index contributed by atoms with van der Waals surface area (Å²) in [6.07, 6.45) is 1.90. The van der Waals surface area contributed by atoms with Crippen molar-refractivity contribution >= 4 is 10.9 Å². The molecule has 26 heavy (non-hydrogen) atoms. The van der Waals surface area contributed by atoms with Crippen molar-refractivity contribution in [3.63, 3.8) is 0 Å². The van der Waals surface area contributed by atoms with Gasteiger partial charge in [-0.1, -0.05) is 43.3 Å². The average molecular weight is 349 g/mol. The number of hydrogen-bond donors (Lipinski definition) is 1. The molecule has 0 unspecified atom stereocenters. The predicted molar refractivity (Wildman–Crippen MR) is 103 cm³/mol. The van der Waals surface area contributed by atoms with Crippen LogP contribution >= 0.6 is 0 Å². The maximum Gasteiger partial charge on any atom is 0.328 e. The van der Waals surface area contributed by atoms with E-state index < -0.39 is 0 Å². The number of aromatic nitrogens is 2. The van der Waals surface area contributed by atoms with Gasteiger partial charge in [-0.05, 0) is 36.1 Å². The van der Waals surface area contributed by atoms with Crippen LogP contribution < -0.4 is 11.2 Å². The second kappa shape index (κ2) is 6.92. The molecule has 1 atom stereocenters. The van der Waals surface area contributed by atoms with E-state index in [0.29, 0.717) is 17.4 Å². The highest BCUT2D eigenvalue weighted by Gasteiger charge is 2.23. The van der Waals surface area contributed by atoms with Gasteiger partial charge < -0.3 is 4.98 Å². The topological polar surface area (TPSA) is 58.1 Å². The molecule has 1 aromatic heterocycles. The number of H-pyrrole nitrogens is 1. The van der Waals surface area contributed by atoms with Crippen molar-refractivity contribution in [1.82, 2.24) is 14.5 Å².